The fourth-order valence-corrected chi connectivity index (χ4v) is 1.47. The highest BCUT2D eigenvalue weighted by molar-refractivity contribution is 5.73. The highest BCUT2D eigenvalue weighted by Crippen LogP contribution is 2.36. The third-order valence-corrected chi connectivity index (χ3v) is 2.23. The van der Waals surface area contributed by atoms with Gasteiger partial charge in [-0.2, -0.15) is 13.2 Å². The van der Waals surface area contributed by atoms with Crippen LogP contribution in [-0.4, -0.2) is 18.1 Å². The van der Waals surface area contributed by atoms with Crippen LogP contribution in [0.5, 0.6) is 0 Å². The summed E-state index contributed by atoms with van der Waals surface area (Å²) in [5.74, 6) is -1.03. The molecule has 0 amide bonds. The number of nitrogens with one attached hydrogen (secondary N) is 1. The summed E-state index contributed by atoms with van der Waals surface area (Å²) in [7, 11) is 0.947. The zero-order valence-corrected chi connectivity index (χ0v) is 9.48. The third-order valence-electron chi connectivity index (χ3n) is 2.23. The van der Waals surface area contributed by atoms with Crippen molar-refractivity contribution >= 4 is 5.97 Å². The van der Waals surface area contributed by atoms with Crippen molar-refractivity contribution in [2.45, 2.75) is 19.0 Å². The van der Waals surface area contributed by atoms with Crippen LogP contribution in [0.15, 0.2) is 10.9 Å². The Balaban J connectivity index is 3.49. The maximum Gasteiger partial charge on any atom is 0.431 e. The lowest BCUT2D eigenvalue weighted by Gasteiger charge is -2.15. The van der Waals surface area contributed by atoms with E-state index < -0.39 is 47.4 Å². The first-order valence-electron chi connectivity index (χ1n) is 4.85. The van der Waals surface area contributed by atoms with Gasteiger partial charge in [0.15, 0.2) is 0 Å². The molecule has 106 valence electrons. The molecule has 0 bridgehead atoms. The van der Waals surface area contributed by atoms with Crippen LogP contribution in [0, 0.1) is 0 Å². The lowest BCUT2D eigenvalue weighted by atomic mass is 10.0. The number of hydrogen-bond acceptors (Lipinski definition) is 3. The maximum absolute atomic E-state index is 12.7. The number of ether oxygens (including phenoxy) is 1. The van der Waals surface area contributed by atoms with Gasteiger partial charge in [0.2, 0.25) is 5.56 Å². The number of esters is 1. The fourth-order valence-electron chi connectivity index (χ4n) is 1.47. The number of aromatic nitrogens is 1. The Morgan fingerprint density at radius 1 is 1.42 bits per heavy atom. The van der Waals surface area contributed by atoms with Gasteiger partial charge in [-0.05, 0) is 5.56 Å². The SMILES string of the molecule is COC(=O)Cc1cc(=O)[nH]c(C(F)(F)F)c1C(F)F. The average molecular weight is 285 g/mol. The summed E-state index contributed by atoms with van der Waals surface area (Å²) in [5, 5.41) is 0. The topological polar surface area (TPSA) is 59.2 Å². The third kappa shape index (κ3) is 3.52. The molecule has 0 atom stereocenters. The van der Waals surface area contributed by atoms with Crippen molar-refractivity contribution < 1.29 is 31.5 Å². The van der Waals surface area contributed by atoms with E-state index in [4.69, 9.17) is 0 Å². The van der Waals surface area contributed by atoms with Gasteiger partial charge < -0.3 is 9.72 Å². The number of methoxy groups -OCH3 is 1. The standard InChI is InChI=1S/C10H8F5NO3/c1-19-6(18)3-4-2-5(17)16-8(10(13,14)15)7(4)9(11)12/h2,9H,3H2,1H3,(H,16,17). The van der Waals surface area contributed by atoms with E-state index in [1.807, 2.05) is 0 Å². The summed E-state index contributed by atoms with van der Waals surface area (Å²) >= 11 is 0. The number of halogens is 5. The van der Waals surface area contributed by atoms with Crippen LogP contribution in [0.3, 0.4) is 0 Å². The highest BCUT2D eigenvalue weighted by atomic mass is 19.4. The molecule has 19 heavy (non-hydrogen) atoms. The van der Waals surface area contributed by atoms with Crippen LogP contribution in [-0.2, 0) is 22.1 Å². The fraction of sp³-hybridized carbons (Fsp3) is 0.400. The molecule has 0 unspecified atom stereocenters. The average Bonchev–Trinajstić information content (AvgIpc) is 2.26. The second-order valence-corrected chi connectivity index (χ2v) is 3.50. The van der Waals surface area contributed by atoms with Gasteiger partial charge in [0.25, 0.3) is 6.43 Å². The Morgan fingerprint density at radius 2 is 2.00 bits per heavy atom. The van der Waals surface area contributed by atoms with E-state index in [9.17, 15) is 31.5 Å². The van der Waals surface area contributed by atoms with E-state index in [0.717, 1.165) is 7.11 Å². The lowest BCUT2D eigenvalue weighted by Crippen LogP contribution is -2.22. The first-order valence-corrected chi connectivity index (χ1v) is 4.85. The van der Waals surface area contributed by atoms with Crippen molar-refractivity contribution in [1.82, 2.24) is 4.98 Å². The molecule has 0 saturated heterocycles. The van der Waals surface area contributed by atoms with E-state index >= 15 is 0 Å². The minimum Gasteiger partial charge on any atom is -0.469 e. The first-order chi connectivity index (χ1) is 8.66. The molecule has 1 aromatic heterocycles. The van der Waals surface area contributed by atoms with Gasteiger partial charge in [-0.3, -0.25) is 9.59 Å². The van der Waals surface area contributed by atoms with Crippen LogP contribution < -0.4 is 5.56 Å². The number of hydrogen-bond donors (Lipinski definition) is 1. The van der Waals surface area contributed by atoms with E-state index in [1.165, 1.54) is 4.98 Å². The van der Waals surface area contributed by atoms with E-state index in [2.05, 4.69) is 4.74 Å². The minimum atomic E-state index is -5.16. The van der Waals surface area contributed by atoms with Gasteiger partial charge in [0.1, 0.15) is 5.69 Å². The summed E-state index contributed by atoms with van der Waals surface area (Å²) < 4.78 is 67.3. The first kappa shape index (κ1) is 15.1. The van der Waals surface area contributed by atoms with Crippen LogP contribution in [0.1, 0.15) is 23.2 Å². The van der Waals surface area contributed by atoms with Crippen molar-refractivity contribution in [2.24, 2.45) is 0 Å². The molecule has 0 aromatic carbocycles. The molecule has 1 aromatic rings. The highest BCUT2D eigenvalue weighted by Gasteiger charge is 2.38. The number of aromatic amines is 1. The number of carbonyl (C=O) groups is 1. The smallest absolute Gasteiger partial charge is 0.431 e. The molecule has 1 rings (SSSR count). The predicted octanol–water partition coefficient (Wildman–Crippen LogP) is 2.05. The van der Waals surface area contributed by atoms with Gasteiger partial charge in [-0.15, -0.1) is 0 Å². The Labute approximate surface area is 103 Å². The van der Waals surface area contributed by atoms with Gasteiger partial charge >= 0.3 is 12.1 Å². The van der Waals surface area contributed by atoms with Crippen LogP contribution >= 0.6 is 0 Å². The van der Waals surface area contributed by atoms with Crippen LogP contribution in [0.2, 0.25) is 0 Å². The Bertz CT molecular complexity index is 535. The Kier molecular flexibility index (Phi) is 4.28. The molecule has 0 aliphatic heterocycles. The second kappa shape index (κ2) is 5.37. The van der Waals surface area contributed by atoms with Crippen molar-refractivity contribution in [1.29, 1.82) is 0 Å². The van der Waals surface area contributed by atoms with Gasteiger partial charge in [0, 0.05) is 6.07 Å². The number of carbonyl (C=O) groups excluding carboxylic acids is 1. The summed E-state index contributed by atoms with van der Waals surface area (Å²) in [6.45, 7) is 0. The largest absolute Gasteiger partial charge is 0.469 e. The molecule has 1 heterocycles. The van der Waals surface area contributed by atoms with Gasteiger partial charge in [0.05, 0.1) is 19.1 Å². The molecule has 0 saturated carbocycles. The molecular weight excluding hydrogens is 277 g/mol. The monoisotopic (exact) mass is 285 g/mol. The Morgan fingerprint density at radius 3 is 2.42 bits per heavy atom. The molecule has 0 spiro atoms. The number of alkyl halides is 5. The molecular formula is C10H8F5NO3. The number of rotatable bonds is 3. The van der Waals surface area contributed by atoms with Gasteiger partial charge in [-0.25, -0.2) is 8.78 Å². The van der Waals surface area contributed by atoms with Crippen molar-refractivity contribution in [3.8, 4) is 0 Å². The quantitative estimate of drug-likeness (QED) is 0.683. The maximum atomic E-state index is 12.7. The number of pyridine rings is 1. The summed E-state index contributed by atoms with van der Waals surface area (Å²) in [6.07, 6.45) is -9.49. The van der Waals surface area contributed by atoms with E-state index in [0.29, 0.717) is 6.07 Å². The summed E-state index contributed by atoms with van der Waals surface area (Å²) in [4.78, 5) is 23.3. The predicted molar refractivity (Wildman–Crippen MR) is 52.7 cm³/mol. The van der Waals surface area contributed by atoms with Crippen molar-refractivity contribution in [3.05, 3.63) is 33.2 Å². The van der Waals surface area contributed by atoms with Gasteiger partial charge in [-0.1, -0.05) is 0 Å². The molecule has 0 radical (unpaired) electrons. The lowest BCUT2D eigenvalue weighted by molar-refractivity contribution is -0.144. The normalized spacial score (nSPS) is 11.7. The second-order valence-electron chi connectivity index (χ2n) is 3.50. The molecule has 9 heteroatoms. The van der Waals surface area contributed by atoms with Crippen molar-refractivity contribution in [3.63, 3.8) is 0 Å². The molecule has 0 fully saturated rings. The molecule has 4 nitrogen and oxygen atoms in total. The zero-order chi connectivity index (χ0) is 14.8. The van der Waals surface area contributed by atoms with E-state index in [-0.39, 0.29) is 0 Å². The molecule has 0 aliphatic rings. The Hall–Kier alpha value is -1.93. The summed E-state index contributed by atoms with van der Waals surface area (Å²) in [6, 6.07) is 0.521. The zero-order valence-electron chi connectivity index (χ0n) is 9.48. The van der Waals surface area contributed by atoms with Crippen molar-refractivity contribution in [2.75, 3.05) is 7.11 Å². The molecule has 1 N–H and O–H groups in total. The van der Waals surface area contributed by atoms with E-state index in [1.54, 1.807) is 0 Å². The number of H-pyrrole nitrogens is 1. The van der Waals surface area contributed by atoms with Crippen LogP contribution in [0.25, 0.3) is 0 Å². The molecule has 0 aliphatic carbocycles. The van der Waals surface area contributed by atoms with Crippen LogP contribution in [0.4, 0.5) is 22.0 Å². The summed E-state index contributed by atoms with van der Waals surface area (Å²) in [5.41, 5.74) is -5.21. The minimum absolute atomic E-state index is 0.521.